The van der Waals surface area contributed by atoms with Gasteiger partial charge in [-0.2, -0.15) is 5.26 Å². The molecule has 8 rings (SSSR count). The number of benzene rings is 2. The standard InChI is InChI=1S/C33H24N2O2S3/c34-17-21(33(36)37)14-23-15-28-30(38-23)16-29(40-28)27-12-11-26(39-27)18-7-9-22(10-8-18)35-25-4-2-1-3-24(25)31-19-5-6-20(13-19)32(31)35/h1-4,7-12,14-16,19-20,31-32H,5-6,13H2,(H,36,37)/b21-14+. The molecular weight excluding hydrogens is 553 g/mol. The van der Waals surface area contributed by atoms with E-state index in [2.05, 4.69) is 71.6 Å². The van der Waals surface area contributed by atoms with Gasteiger partial charge in [0.1, 0.15) is 11.6 Å². The Balaban J connectivity index is 1.06. The number of fused-ring (bicyclic) bond motifs is 8. The highest BCUT2D eigenvalue weighted by atomic mass is 32.1. The lowest BCUT2D eigenvalue weighted by atomic mass is 9.82. The zero-order chi connectivity index (χ0) is 27.0. The van der Waals surface area contributed by atoms with Crippen LogP contribution in [0.5, 0.6) is 0 Å². The Morgan fingerprint density at radius 3 is 2.48 bits per heavy atom. The van der Waals surface area contributed by atoms with Crippen molar-refractivity contribution in [1.82, 2.24) is 0 Å². The van der Waals surface area contributed by atoms with Crippen LogP contribution >= 0.6 is 34.0 Å². The maximum absolute atomic E-state index is 11.2. The highest BCUT2D eigenvalue weighted by Gasteiger charge is 2.55. The van der Waals surface area contributed by atoms with Crippen molar-refractivity contribution >= 4 is 66.8 Å². The second-order valence-electron chi connectivity index (χ2n) is 11.0. The van der Waals surface area contributed by atoms with E-state index in [1.165, 1.54) is 68.2 Å². The second kappa shape index (κ2) is 9.17. The van der Waals surface area contributed by atoms with Crippen LogP contribution in [0.1, 0.15) is 35.6 Å². The summed E-state index contributed by atoms with van der Waals surface area (Å²) in [6, 6.07) is 29.1. The molecule has 0 spiro atoms. The van der Waals surface area contributed by atoms with Crippen LogP contribution in [-0.4, -0.2) is 17.1 Å². The monoisotopic (exact) mass is 576 g/mol. The molecule has 0 radical (unpaired) electrons. The van der Waals surface area contributed by atoms with Gasteiger partial charge in [0.2, 0.25) is 0 Å². The summed E-state index contributed by atoms with van der Waals surface area (Å²) >= 11 is 5.02. The van der Waals surface area contributed by atoms with E-state index in [0.717, 1.165) is 26.1 Å². The third-order valence-corrected chi connectivity index (χ3v) is 12.4. The summed E-state index contributed by atoms with van der Waals surface area (Å²) in [5.41, 5.74) is 5.26. The van der Waals surface area contributed by atoms with Gasteiger partial charge in [-0.15, -0.1) is 34.0 Å². The molecule has 2 bridgehead atoms. The van der Waals surface area contributed by atoms with Gasteiger partial charge in [-0.25, -0.2) is 4.79 Å². The highest BCUT2D eigenvalue weighted by Crippen LogP contribution is 2.62. The van der Waals surface area contributed by atoms with Crippen molar-refractivity contribution in [2.24, 2.45) is 11.8 Å². The molecule has 40 heavy (non-hydrogen) atoms. The highest BCUT2D eigenvalue weighted by molar-refractivity contribution is 7.31. The molecule has 2 fully saturated rings. The summed E-state index contributed by atoms with van der Waals surface area (Å²) in [4.78, 5) is 18.3. The molecule has 4 nitrogen and oxygen atoms in total. The van der Waals surface area contributed by atoms with Crippen LogP contribution in [0.4, 0.5) is 11.4 Å². The fourth-order valence-corrected chi connectivity index (χ4v) is 10.7. The third kappa shape index (κ3) is 3.71. The van der Waals surface area contributed by atoms with Crippen LogP contribution in [0, 0.1) is 23.2 Å². The second-order valence-corrected chi connectivity index (χ2v) is 14.2. The third-order valence-electron chi connectivity index (χ3n) is 8.87. The van der Waals surface area contributed by atoms with Gasteiger partial charge in [0, 0.05) is 52.2 Å². The predicted molar refractivity (Wildman–Crippen MR) is 166 cm³/mol. The molecule has 7 heteroatoms. The Labute approximate surface area is 244 Å². The number of anilines is 2. The molecule has 4 unspecified atom stereocenters. The molecule has 2 saturated carbocycles. The zero-order valence-corrected chi connectivity index (χ0v) is 23.9. The van der Waals surface area contributed by atoms with E-state index in [-0.39, 0.29) is 5.57 Å². The summed E-state index contributed by atoms with van der Waals surface area (Å²) in [5, 5.41) is 18.2. The molecule has 3 aromatic heterocycles. The first-order valence-corrected chi connectivity index (χ1v) is 16.0. The fourth-order valence-electron chi connectivity index (χ4n) is 7.27. The average molecular weight is 577 g/mol. The van der Waals surface area contributed by atoms with Crippen molar-refractivity contribution in [2.45, 2.75) is 31.2 Å². The smallest absolute Gasteiger partial charge is 0.346 e. The Bertz CT molecular complexity index is 1840. The number of para-hydroxylation sites is 1. The maximum atomic E-state index is 11.2. The van der Waals surface area contributed by atoms with Crippen molar-refractivity contribution in [3.63, 3.8) is 0 Å². The molecule has 196 valence electrons. The number of hydrogen-bond acceptors (Lipinski definition) is 6. The number of nitriles is 1. The quantitative estimate of drug-likeness (QED) is 0.167. The van der Waals surface area contributed by atoms with Gasteiger partial charge in [0.05, 0.1) is 0 Å². The van der Waals surface area contributed by atoms with Crippen molar-refractivity contribution in [3.8, 4) is 26.3 Å². The summed E-state index contributed by atoms with van der Waals surface area (Å²) in [6.45, 7) is 0. The zero-order valence-electron chi connectivity index (χ0n) is 21.4. The van der Waals surface area contributed by atoms with E-state index >= 15 is 0 Å². The number of rotatable bonds is 5. The van der Waals surface area contributed by atoms with Crippen molar-refractivity contribution in [3.05, 3.63) is 88.8 Å². The van der Waals surface area contributed by atoms with Crippen LogP contribution in [0.3, 0.4) is 0 Å². The maximum Gasteiger partial charge on any atom is 0.346 e. The van der Waals surface area contributed by atoms with E-state index in [1.807, 2.05) is 6.07 Å². The average Bonchev–Trinajstić information content (AvgIpc) is 3.80. The van der Waals surface area contributed by atoms with E-state index in [0.29, 0.717) is 12.0 Å². The SMILES string of the molecule is N#C/C(=C\c1cc2sc(-c3ccc(-c4ccc(N5c6ccccc6C6C7CCC(C7)C65)cc4)s3)cc2s1)C(=O)O. The summed E-state index contributed by atoms with van der Waals surface area (Å²) < 4.78 is 2.22. The lowest BCUT2D eigenvalue weighted by Gasteiger charge is -2.33. The Kier molecular flexibility index (Phi) is 5.53. The number of nitrogens with zero attached hydrogens (tertiary/aromatic N) is 2. The molecule has 0 amide bonds. The van der Waals surface area contributed by atoms with E-state index in [4.69, 9.17) is 10.4 Å². The van der Waals surface area contributed by atoms with Crippen LogP contribution in [0.15, 0.2) is 78.4 Å². The largest absolute Gasteiger partial charge is 0.477 e. The molecule has 1 N–H and O–H groups in total. The topological polar surface area (TPSA) is 64.3 Å². The van der Waals surface area contributed by atoms with Crippen LogP contribution < -0.4 is 4.90 Å². The minimum atomic E-state index is -1.20. The predicted octanol–water partition coefficient (Wildman–Crippen LogP) is 9.38. The number of carboxylic acids is 1. The fraction of sp³-hybridized carbons (Fsp3) is 0.212. The molecule has 4 heterocycles. The van der Waals surface area contributed by atoms with Gasteiger partial charge in [-0.05, 0) is 90.8 Å². The Morgan fingerprint density at radius 1 is 0.900 bits per heavy atom. The lowest BCUT2D eigenvalue weighted by molar-refractivity contribution is -0.132. The number of carboxylic acid groups (broad SMARTS) is 1. The van der Waals surface area contributed by atoms with E-state index < -0.39 is 5.97 Å². The molecule has 3 aliphatic rings. The molecular formula is C33H24N2O2S3. The molecule has 1 aliphatic heterocycles. The van der Waals surface area contributed by atoms with Gasteiger partial charge >= 0.3 is 5.97 Å². The number of hydrogen-bond donors (Lipinski definition) is 1. The minimum Gasteiger partial charge on any atom is -0.477 e. The van der Waals surface area contributed by atoms with Crippen molar-refractivity contribution < 1.29 is 9.90 Å². The van der Waals surface area contributed by atoms with Gasteiger partial charge in [0.25, 0.3) is 0 Å². The number of aliphatic carboxylic acids is 1. The minimum absolute atomic E-state index is 0.243. The molecule has 5 aromatic rings. The van der Waals surface area contributed by atoms with Crippen molar-refractivity contribution in [2.75, 3.05) is 4.90 Å². The summed E-state index contributed by atoms with van der Waals surface area (Å²) in [5.74, 6) is 1.15. The first-order chi connectivity index (χ1) is 19.6. The molecule has 2 aliphatic carbocycles. The number of carbonyl (C=O) groups is 1. The van der Waals surface area contributed by atoms with Gasteiger partial charge in [-0.1, -0.05) is 30.3 Å². The van der Waals surface area contributed by atoms with E-state index in [1.54, 1.807) is 34.3 Å². The van der Waals surface area contributed by atoms with Crippen LogP contribution in [-0.2, 0) is 4.79 Å². The summed E-state index contributed by atoms with van der Waals surface area (Å²) in [7, 11) is 0. The van der Waals surface area contributed by atoms with E-state index in [9.17, 15) is 4.79 Å². The Hall–Kier alpha value is -3.70. The molecule has 4 atom stereocenters. The van der Waals surface area contributed by atoms with Gasteiger partial charge in [0.15, 0.2) is 0 Å². The summed E-state index contributed by atoms with van der Waals surface area (Å²) in [6.07, 6.45) is 5.59. The lowest BCUT2D eigenvalue weighted by Crippen LogP contribution is -2.35. The molecule has 0 saturated heterocycles. The normalized spacial score (nSPS) is 23.0. The Morgan fingerprint density at radius 2 is 1.68 bits per heavy atom. The van der Waals surface area contributed by atoms with Crippen molar-refractivity contribution in [1.29, 1.82) is 5.26 Å². The van der Waals surface area contributed by atoms with Gasteiger partial charge < -0.3 is 10.0 Å². The van der Waals surface area contributed by atoms with Gasteiger partial charge in [-0.3, -0.25) is 0 Å². The first kappa shape index (κ1) is 24.1. The number of thiophene rings is 3. The molecule has 2 aromatic carbocycles. The first-order valence-electron chi connectivity index (χ1n) is 13.5. The van der Waals surface area contributed by atoms with Crippen LogP contribution in [0.25, 0.3) is 35.7 Å². The van der Waals surface area contributed by atoms with Crippen LogP contribution in [0.2, 0.25) is 0 Å².